The number of nitrogens with two attached hydrogens (primary N) is 1. The summed E-state index contributed by atoms with van der Waals surface area (Å²) in [7, 11) is 0. The predicted octanol–water partition coefficient (Wildman–Crippen LogP) is 3.42. The van der Waals surface area contributed by atoms with Gasteiger partial charge in [-0.05, 0) is 29.8 Å². The van der Waals surface area contributed by atoms with E-state index in [0.717, 1.165) is 0 Å². The van der Waals surface area contributed by atoms with Crippen molar-refractivity contribution >= 4 is 23.3 Å². The number of hydrogen-bond donors (Lipinski definition) is 1. The van der Waals surface area contributed by atoms with Crippen LogP contribution in [-0.2, 0) is 11.3 Å². The van der Waals surface area contributed by atoms with Gasteiger partial charge in [-0.1, -0.05) is 29.8 Å². The molecule has 0 bridgehead atoms. The summed E-state index contributed by atoms with van der Waals surface area (Å²) in [5.41, 5.74) is 6.62. The average molecular weight is 280 g/mol. The lowest BCUT2D eigenvalue weighted by atomic mass is 10.2. The molecule has 0 aliphatic rings. The third-order valence-corrected chi connectivity index (χ3v) is 2.86. The molecule has 0 aliphatic carbocycles. The van der Waals surface area contributed by atoms with Crippen LogP contribution in [0.5, 0.6) is 0 Å². The average Bonchev–Trinajstić information content (AvgIpc) is 2.39. The summed E-state index contributed by atoms with van der Waals surface area (Å²) in [6, 6.07) is 10.5. The van der Waals surface area contributed by atoms with Crippen molar-refractivity contribution in [3.8, 4) is 0 Å². The van der Waals surface area contributed by atoms with Crippen LogP contribution in [0.25, 0.3) is 0 Å². The van der Waals surface area contributed by atoms with Crippen LogP contribution in [0.2, 0.25) is 5.02 Å². The first kappa shape index (κ1) is 13.4. The molecule has 2 N–H and O–H groups in total. The third kappa shape index (κ3) is 3.23. The van der Waals surface area contributed by atoms with E-state index in [-0.39, 0.29) is 23.7 Å². The summed E-state index contributed by atoms with van der Waals surface area (Å²) in [4.78, 5) is 11.8. The highest BCUT2D eigenvalue weighted by Crippen LogP contribution is 2.23. The van der Waals surface area contributed by atoms with Gasteiger partial charge in [0.15, 0.2) is 0 Å². The molecule has 0 heterocycles. The van der Waals surface area contributed by atoms with E-state index < -0.39 is 5.97 Å². The molecule has 5 heteroatoms. The van der Waals surface area contributed by atoms with Crippen molar-refractivity contribution in [3.63, 3.8) is 0 Å². The van der Waals surface area contributed by atoms with Crippen LogP contribution in [0, 0.1) is 5.82 Å². The Kier molecular flexibility index (Phi) is 4.02. The number of nitrogen functional groups attached to an aromatic ring is 1. The second kappa shape index (κ2) is 5.71. The summed E-state index contributed by atoms with van der Waals surface area (Å²) < 4.78 is 18.0. The second-order valence-corrected chi connectivity index (χ2v) is 4.31. The number of halogens is 2. The quantitative estimate of drug-likeness (QED) is 0.692. The lowest BCUT2D eigenvalue weighted by Gasteiger charge is -2.08. The van der Waals surface area contributed by atoms with Gasteiger partial charge in [0.25, 0.3) is 0 Å². The fourth-order valence-corrected chi connectivity index (χ4v) is 1.74. The fraction of sp³-hybridized carbons (Fsp3) is 0.0714. The van der Waals surface area contributed by atoms with Crippen molar-refractivity contribution in [2.75, 3.05) is 5.73 Å². The molecule has 2 aromatic rings. The number of esters is 1. The molecule has 0 aromatic heterocycles. The van der Waals surface area contributed by atoms with Crippen molar-refractivity contribution < 1.29 is 13.9 Å². The van der Waals surface area contributed by atoms with Crippen LogP contribution < -0.4 is 5.73 Å². The van der Waals surface area contributed by atoms with E-state index in [2.05, 4.69) is 0 Å². The standard InChI is InChI=1S/C14H11ClFNO2/c15-12-6-2-5-11(13(12)17)14(18)19-8-9-3-1-4-10(16)7-9/h1-7H,8,17H2. The smallest absolute Gasteiger partial charge is 0.340 e. The Balaban J connectivity index is 2.08. The zero-order valence-corrected chi connectivity index (χ0v) is 10.7. The summed E-state index contributed by atoms with van der Waals surface area (Å²) in [6.45, 7) is -0.0253. The topological polar surface area (TPSA) is 52.3 Å². The summed E-state index contributed by atoms with van der Waals surface area (Å²) in [5.74, 6) is -0.972. The summed E-state index contributed by atoms with van der Waals surface area (Å²) in [6.07, 6.45) is 0. The van der Waals surface area contributed by atoms with Crippen molar-refractivity contribution in [1.82, 2.24) is 0 Å². The number of ether oxygens (including phenoxy) is 1. The number of rotatable bonds is 3. The summed E-state index contributed by atoms with van der Waals surface area (Å²) in [5, 5.41) is 0.292. The van der Waals surface area contributed by atoms with Crippen molar-refractivity contribution in [2.45, 2.75) is 6.61 Å². The molecule has 0 amide bonds. The lowest BCUT2D eigenvalue weighted by molar-refractivity contribution is 0.0473. The summed E-state index contributed by atoms with van der Waals surface area (Å²) >= 11 is 5.81. The van der Waals surface area contributed by atoms with Gasteiger partial charge in [0.05, 0.1) is 16.3 Å². The zero-order valence-electron chi connectivity index (χ0n) is 9.90. The first-order valence-corrected chi connectivity index (χ1v) is 5.91. The molecule has 0 aliphatic heterocycles. The van der Waals surface area contributed by atoms with Gasteiger partial charge in [0.2, 0.25) is 0 Å². The zero-order chi connectivity index (χ0) is 13.8. The largest absolute Gasteiger partial charge is 0.457 e. The van der Waals surface area contributed by atoms with E-state index in [4.69, 9.17) is 22.1 Å². The van der Waals surface area contributed by atoms with E-state index in [1.807, 2.05) is 0 Å². The van der Waals surface area contributed by atoms with E-state index >= 15 is 0 Å². The van der Waals surface area contributed by atoms with Gasteiger partial charge >= 0.3 is 5.97 Å². The molecule has 0 atom stereocenters. The van der Waals surface area contributed by atoms with Crippen LogP contribution in [-0.4, -0.2) is 5.97 Å². The molecular formula is C14H11ClFNO2. The van der Waals surface area contributed by atoms with E-state index in [1.165, 1.54) is 18.2 Å². The Morgan fingerprint density at radius 2 is 2.00 bits per heavy atom. The van der Waals surface area contributed by atoms with Crippen LogP contribution in [0.4, 0.5) is 10.1 Å². The molecule has 0 saturated carbocycles. The minimum absolute atomic E-state index is 0.0253. The molecule has 0 spiro atoms. The van der Waals surface area contributed by atoms with Crippen LogP contribution in [0.3, 0.4) is 0 Å². The molecular weight excluding hydrogens is 269 g/mol. The van der Waals surface area contributed by atoms with Crippen molar-refractivity contribution in [1.29, 1.82) is 0 Å². The van der Waals surface area contributed by atoms with Gasteiger partial charge < -0.3 is 10.5 Å². The number of benzene rings is 2. The number of carbonyl (C=O) groups is 1. The predicted molar refractivity (Wildman–Crippen MR) is 71.4 cm³/mol. The first-order chi connectivity index (χ1) is 9.08. The van der Waals surface area contributed by atoms with Gasteiger partial charge in [-0.25, -0.2) is 9.18 Å². The van der Waals surface area contributed by atoms with Crippen molar-refractivity contribution in [3.05, 3.63) is 64.4 Å². The minimum atomic E-state index is -0.593. The maximum atomic E-state index is 13.0. The molecule has 0 radical (unpaired) electrons. The Bertz CT molecular complexity index is 616. The van der Waals surface area contributed by atoms with Gasteiger partial charge in [-0.15, -0.1) is 0 Å². The normalized spacial score (nSPS) is 10.2. The molecule has 2 aromatic carbocycles. The Morgan fingerprint density at radius 1 is 1.26 bits per heavy atom. The van der Waals surface area contributed by atoms with Crippen LogP contribution in [0.15, 0.2) is 42.5 Å². The van der Waals surface area contributed by atoms with E-state index in [0.29, 0.717) is 10.6 Å². The second-order valence-electron chi connectivity index (χ2n) is 3.91. The monoisotopic (exact) mass is 279 g/mol. The molecule has 19 heavy (non-hydrogen) atoms. The molecule has 0 unspecified atom stereocenters. The number of para-hydroxylation sites is 1. The lowest BCUT2D eigenvalue weighted by Crippen LogP contribution is -2.08. The van der Waals surface area contributed by atoms with E-state index in [9.17, 15) is 9.18 Å². The third-order valence-electron chi connectivity index (χ3n) is 2.53. The van der Waals surface area contributed by atoms with Crippen LogP contribution in [0.1, 0.15) is 15.9 Å². The molecule has 98 valence electrons. The van der Waals surface area contributed by atoms with Gasteiger partial charge in [0.1, 0.15) is 12.4 Å². The van der Waals surface area contributed by atoms with Crippen molar-refractivity contribution in [2.24, 2.45) is 0 Å². The fourth-order valence-electron chi connectivity index (χ4n) is 1.57. The highest BCUT2D eigenvalue weighted by molar-refractivity contribution is 6.33. The Morgan fingerprint density at radius 3 is 2.74 bits per heavy atom. The van der Waals surface area contributed by atoms with Crippen LogP contribution >= 0.6 is 11.6 Å². The van der Waals surface area contributed by atoms with E-state index in [1.54, 1.807) is 24.3 Å². The van der Waals surface area contributed by atoms with Gasteiger partial charge in [0, 0.05) is 0 Å². The highest BCUT2D eigenvalue weighted by atomic mass is 35.5. The SMILES string of the molecule is Nc1c(Cl)cccc1C(=O)OCc1cccc(F)c1. The number of hydrogen-bond acceptors (Lipinski definition) is 3. The molecule has 0 saturated heterocycles. The van der Waals surface area contributed by atoms with Gasteiger partial charge in [-0.3, -0.25) is 0 Å². The Labute approximate surface area is 114 Å². The molecule has 2 rings (SSSR count). The maximum Gasteiger partial charge on any atom is 0.340 e. The van der Waals surface area contributed by atoms with Gasteiger partial charge in [-0.2, -0.15) is 0 Å². The maximum absolute atomic E-state index is 13.0. The molecule has 3 nitrogen and oxygen atoms in total. The Hall–Kier alpha value is -2.07. The minimum Gasteiger partial charge on any atom is -0.457 e. The number of anilines is 1. The molecule has 0 fully saturated rings. The first-order valence-electron chi connectivity index (χ1n) is 5.53. The highest BCUT2D eigenvalue weighted by Gasteiger charge is 2.13. The number of carbonyl (C=O) groups excluding carboxylic acids is 1.